The predicted octanol–water partition coefficient (Wildman–Crippen LogP) is 2.41. The third-order valence-electron chi connectivity index (χ3n) is 3.27. The molecular formula is C16H19N3O3S. The van der Waals surface area contributed by atoms with Crippen LogP contribution in [0.5, 0.6) is 0 Å². The molecule has 2 rings (SSSR count). The Morgan fingerprint density at radius 3 is 2.78 bits per heavy atom. The first-order valence-electron chi connectivity index (χ1n) is 7.12. The number of thiazole rings is 1. The van der Waals surface area contributed by atoms with Gasteiger partial charge >= 0.3 is 11.8 Å². The molecule has 1 aromatic carbocycles. The zero-order chi connectivity index (χ0) is 16.8. The van der Waals surface area contributed by atoms with E-state index in [1.54, 1.807) is 25.3 Å². The molecule has 0 spiro atoms. The summed E-state index contributed by atoms with van der Waals surface area (Å²) in [4.78, 5) is 28.0. The van der Waals surface area contributed by atoms with E-state index in [0.717, 1.165) is 16.3 Å². The molecule has 2 N–H and O–H groups in total. The van der Waals surface area contributed by atoms with Crippen LogP contribution in [0.1, 0.15) is 29.3 Å². The van der Waals surface area contributed by atoms with Gasteiger partial charge in [-0.2, -0.15) is 0 Å². The van der Waals surface area contributed by atoms with Gasteiger partial charge < -0.3 is 15.4 Å². The van der Waals surface area contributed by atoms with Gasteiger partial charge in [-0.25, -0.2) is 4.98 Å². The van der Waals surface area contributed by atoms with Crippen molar-refractivity contribution in [3.63, 3.8) is 0 Å². The molecule has 0 unspecified atom stereocenters. The van der Waals surface area contributed by atoms with Gasteiger partial charge in [-0.1, -0.05) is 12.1 Å². The van der Waals surface area contributed by atoms with Crippen LogP contribution < -0.4 is 10.6 Å². The minimum Gasteiger partial charge on any atom is -0.377 e. The molecule has 0 saturated carbocycles. The quantitative estimate of drug-likeness (QED) is 0.824. The van der Waals surface area contributed by atoms with Crippen LogP contribution in [0.25, 0.3) is 0 Å². The summed E-state index contributed by atoms with van der Waals surface area (Å²) in [5.74, 6) is -1.40. The lowest BCUT2D eigenvalue weighted by molar-refractivity contribution is -0.136. The number of benzene rings is 1. The molecular weight excluding hydrogens is 314 g/mol. The highest BCUT2D eigenvalue weighted by Gasteiger charge is 2.14. The summed E-state index contributed by atoms with van der Waals surface area (Å²) in [6, 6.07) is 7.20. The van der Waals surface area contributed by atoms with Crippen molar-refractivity contribution in [1.82, 2.24) is 10.3 Å². The Hall–Kier alpha value is -2.25. The third-order valence-corrected chi connectivity index (χ3v) is 4.09. The van der Waals surface area contributed by atoms with E-state index in [2.05, 4.69) is 15.6 Å². The van der Waals surface area contributed by atoms with Crippen LogP contribution in [0.4, 0.5) is 5.69 Å². The second kappa shape index (κ2) is 7.85. The summed E-state index contributed by atoms with van der Waals surface area (Å²) in [5.41, 5.74) is 2.21. The number of hydrogen-bond donors (Lipinski definition) is 2. The lowest BCUT2D eigenvalue weighted by Gasteiger charge is -2.12. The summed E-state index contributed by atoms with van der Waals surface area (Å²) < 4.78 is 5.24. The van der Waals surface area contributed by atoms with Gasteiger partial charge in [0.05, 0.1) is 23.4 Å². The standard InChI is InChI=1S/C16H19N3O3S/c1-10(22-3)12-5-4-6-13(7-12)19-16(21)15(20)17-8-14-9-23-11(2)18-14/h4-7,9-10H,8H2,1-3H3,(H,17,20)(H,19,21)/t10-/m0/s1. The molecule has 6 nitrogen and oxygen atoms in total. The number of ether oxygens (including phenoxy) is 1. The number of anilines is 1. The maximum absolute atomic E-state index is 11.9. The molecule has 7 heteroatoms. The van der Waals surface area contributed by atoms with Crippen LogP contribution in [0.3, 0.4) is 0 Å². The third kappa shape index (κ3) is 4.87. The van der Waals surface area contributed by atoms with Gasteiger partial charge in [0.25, 0.3) is 0 Å². The smallest absolute Gasteiger partial charge is 0.313 e. The molecule has 0 aliphatic heterocycles. The van der Waals surface area contributed by atoms with Crippen molar-refractivity contribution in [2.45, 2.75) is 26.5 Å². The van der Waals surface area contributed by atoms with E-state index < -0.39 is 11.8 Å². The molecule has 0 bridgehead atoms. The molecule has 1 heterocycles. The van der Waals surface area contributed by atoms with E-state index in [0.29, 0.717) is 5.69 Å². The van der Waals surface area contributed by atoms with E-state index in [4.69, 9.17) is 4.74 Å². The first-order chi connectivity index (χ1) is 11.0. The number of aryl methyl sites for hydroxylation is 1. The number of aromatic nitrogens is 1. The SMILES string of the molecule is CO[C@@H](C)c1cccc(NC(=O)C(=O)NCc2csc(C)n2)c1. The van der Waals surface area contributed by atoms with E-state index in [1.807, 2.05) is 25.3 Å². The first-order valence-corrected chi connectivity index (χ1v) is 8.00. The topological polar surface area (TPSA) is 80.3 Å². The van der Waals surface area contributed by atoms with Gasteiger partial charge in [-0.05, 0) is 31.5 Å². The minimum atomic E-state index is -0.709. The average molecular weight is 333 g/mol. The van der Waals surface area contributed by atoms with Crippen molar-refractivity contribution in [2.24, 2.45) is 0 Å². The summed E-state index contributed by atoms with van der Waals surface area (Å²) in [6.07, 6.45) is -0.0893. The van der Waals surface area contributed by atoms with Crippen LogP contribution >= 0.6 is 11.3 Å². The Bertz CT molecular complexity index is 699. The Labute approximate surface area is 138 Å². The molecule has 0 radical (unpaired) electrons. The molecule has 0 aliphatic carbocycles. The highest BCUT2D eigenvalue weighted by Crippen LogP contribution is 2.19. The molecule has 23 heavy (non-hydrogen) atoms. The zero-order valence-corrected chi connectivity index (χ0v) is 14.1. The minimum absolute atomic E-state index is 0.0893. The maximum Gasteiger partial charge on any atom is 0.313 e. The van der Waals surface area contributed by atoms with Crippen molar-refractivity contribution in [3.05, 3.63) is 45.9 Å². The fourth-order valence-electron chi connectivity index (χ4n) is 1.93. The second-order valence-corrected chi connectivity index (χ2v) is 6.06. The number of methoxy groups -OCH3 is 1. The fourth-order valence-corrected chi connectivity index (χ4v) is 2.55. The summed E-state index contributed by atoms with van der Waals surface area (Å²) >= 11 is 1.50. The van der Waals surface area contributed by atoms with Gasteiger partial charge in [-0.3, -0.25) is 9.59 Å². The van der Waals surface area contributed by atoms with Gasteiger partial charge in [0.1, 0.15) is 0 Å². The first kappa shape index (κ1) is 17.1. The van der Waals surface area contributed by atoms with Gasteiger partial charge in [0.2, 0.25) is 0 Å². The second-order valence-electron chi connectivity index (χ2n) is 5.00. The molecule has 1 atom stereocenters. The van der Waals surface area contributed by atoms with Crippen LogP contribution in [-0.2, 0) is 20.9 Å². The normalized spacial score (nSPS) is 11.8. The number of nitrogens with zero attached hydrogens (tertiary/aromatic N) is 1. The van der Waals surface area contributed by atoms with E-state index in [-0.39, 0.29) is 12.6 Å². The summed E-state index contributed by atoms with van der Waals surface area (Å²) in [7, 11) is 1.61. The number of rotatable bonds is 5. The number of amides is 2. The molecule has 2 amide bonds. The van der Waals surface area contributed by atoms with Crippen molar-refractivity contribution < 1.29 is 14.3 Å². The lowest BCUT2D eigenvalue weighted by atomic mass is 10.1. The average Bonchev–Trinajstić information content (AvgIpc) is 2.97. The zero-order valence-electron chi connectivity index (χ0n) is 13.3. The Kier molecular flexibility index (Phi) is 5.84. The summed E-state index contributed by atoms with van der Waals surface area (Å²) in [5, 5.41) is 7.90. The van der Waals surface area contributed by atoms with Gasteiger partial charge in [0, 0.05) is 18.2 Å². The maximum atomic E-state index is 11.9. The number of carbonyl (C=O) groups excluding carboxylic acids is 2. The van der Waals surface area contributed by atoms with Crippen LogP contribution in [0, 0.1) is 6.92 Å². The number of nitrogens with one attached hydrogen (secondary N) is 2. The van der Waals surface area contributed by atoms with Gasteiger partial charge in [-0.15, -0.1) is 11.3 Å². The van der Waals surface area contributed by atoms with Crippen molar-refractivity contribution >= 4 is 28.8 Å². The molecule has 122 valence electrons. The van der Waals surface area contributed by atoms with Crippen LogP contribution in [0.15, 0.2) is 29.6 Å². The molecule has 0 fully saturated rings. The van der Waals surface area contributed by atoms with E-state index >= 15 is 0 Å². The van der Waals surface area contributed by atoms with Crippen molar-refractivity contribution in [2.75, 3.05) is 12.4 Å². The monoisotopic (exact) mass is 333 g/mol. The Balaban J connectivity index is 1.91. The van der Waals surface area contributed by atoms with Crippen molar-refractivity contribution in [3.8, 4) is 0 Å². The molecule has 1 aromatic heterocycles. The van der Waals surface area contributed by atoms with Crippen molar-refractivity contribution in [1.29, 1.82) is 0 Å². The van der Waals surface area contributed by atoms with Gasteiger partial charge in [0.15, 0.2) is 0 Å². The Morgan fingerprint density at radius 1 is 1.35 bits per heavy atom. The van der Waals surface area contributed by atoms with Crippen LogP contribution in [-0.4, -0.2) is 23.9 Å². The molecule has 0 aliphatic rings. The highest BCUT2D eigenvalue weighted by atomic mass is 32.1. The van der Waals surface area contributed by atoms with E-state index in [1.165, 1.54) is 11.3 Å². The fraction of sp³-hybridized carbons (Fsp3) is 0.312. The molecule has 2 aromatic rings. The molecule has 0 saturated heterocycles. The largest absolute Gasteiger partial charge is 0.377 e. The number of hydrogen-bond acceptors (Lipinski definition) is 5. The van der Waals surface area contributed by atoms with E-state index in [9.17, 15) is 9.59 Å². The predicted molar refractivity (Wildman–Crippen MR) is 89.2 cm³/mol. The Morgan fingerprint density at radius 2 is 2.13 bits per heavy atom. The number of carbonyl (C=O) groups is 2. The van der Waals surface area contributed by atoms with Crippen LogP contribution in [0.2, 0.25) is 0 Å². The lowest BCUT2D eigenvalue weighted by Crippen LogP contribution is -2.35. The highest BCUT2D eigenvalue weighted by molar-refractivity contribution is 7.09. The summed E-state index contributed by atoms with van der Waals surface area (Å²) in [6.45, 7) is 4.03.